The van der Waals surface area contributed by atoms with Crippen LogP contribution in [0.1, 0.15) is 42.7 Å². The molecule has 2 heteroatoms. The highest BCUT2D eigenvalue weighted by atomic mass is 16.5. The highest BCUT2D eigenvalue weighted by molar-refractivity contribution is 5.53. The number of ether oxygens (including phenoxy) is 1. The Morgan fingerprint density at radius 2 is 1.94 bits per heavy atom. The number of hydrogen-bond donors (Lipinski definition) is 0. The molecule has 1 aromatic rings. The average Bonchev–Trinajstić information content (AvgIpc) is 2.39. The number of rotatable bonds is 3. The fourth-order valence-corrected chi connectivity index (χ4v) is 2.74. The first kappa shape index (κ1) is 12.2. The smallest absolute Gasteiger partial charge is 0.123 e. The quantitative estimate of drug-likeness (QED) is 0.746. The van der Waals surface area contributed by atoms with Gasteiger partial charge in [0.2, 0.25) is 0 Å². The Morgan fingerprint density at radius 1 is 1.24 bits per heavy atom. The van der Waals surface area contributed by atoms with Gasteiger partial charge < -0.3 is 9.53 Å². The Hall–Kier alpha value is -1.31. The molecule has 17 heavy (non-hydrogen) atoms. The minimum absolute atomic E-state index is 0.297. The van der Waals surface area contributed by atoms with Gasteiger partial charge in [-0.15, -0.1) is 0 Å². The van der Waals surface area contributed by atoms with Crippen LogP contribution in [0, 0.1) is 12.8 Å². The van der Waals surface area contributed by atoms with Crippen molar-refractivity contribution in [1.29, 1.82) is 0 Å². The van der Waals surface area contributed by atoms with Gasteiger partial charge in [0.05, 0.1) is 7.11 Å². The Kier molecular flexibility index (Phi) is 3.82. The fraction of sp³-hybridized carbons (Fsp3) is 0.533. The van der Waals surface area contributed by atoms with E-state index in [1.54, 1.807) is 7.11 Å². The number of aldehydes is 1. The van der Waals surface area contributed by atoms with Gasteiger partial charge >= 0.3 is 0 Å². The lowest BCUT2D eigenvalue weighted by Gasteiger charge is -2.26. The van der Waals surface area contributed by atoms with Gasteiger partial charge in [0, 0.05) is 5.92 Å². The lowest BCUT2D eigenvalue weighted by molar-refractivity contribution is -0.111. The molecule has 0 bridgehead atoms. The average molecular weight is 232 g/mol. The second-order valence-corrected chi connectivity index (χ2v) is 4.98. The molecular weight excluding hydrogens is 212 g/mol. The lowest BCUT2D eigenvalue weighted by atomic mass is 9.79. The van der Waals surface area contributed by atoms with Crippen LogP contribution in [-0.2, 0) is 4.79 Å². The Morgan fingerprint density at radius 3 is 2.47 bits per heavy atom. The summed E-state index contributed by atoms with van der Waals surface area (Å²) in [5.41, 5.74) is 2.59. The maximum atomic E-state index is 10.7. The van der Waals surface area contributed by atoms with E-state index in [1.165, 1.54) is 11.1 Å². The first-order chi connectivity index (χ1) is 8.24. The minimum atomic E-state index is 0.297. The van der Waals surface area contributed by atoms with E-state index >= 15 is 0 Å². The lowest BCUT2D eigenvalue weighted by Crippen LogP contribution is -2.14. The van der Waals surface area contributed by atoms with Gasteiger partial charge in [-0.05, 0) is 55.7 Å². The molecule has 2 rings (SSSR count). The number of hydrogen-bond acceptors (Lipinski definition) is 2. The van der Waals surface area contributed by atoms with E-state index in [1.807, 2.05) is 0 Å². The summed E-state index contributed by atoms with van der Waals surface area (Å²) in [4.78, 5) is 10.7. The van der Waals surface area contributed by atoms with Crippen LogP contribution < -0.4 is 4.74 Å². The molecule has 0 N–H and O–H groups in total. The van der Waals surface area contributed by atoms with Crippen molar-refractivity contribution in [2.24, 2.45) is 5.92 Å². The van der Waals surface area contributed by atoms with Gasteiger partial charge in [-0.2, -0.15) is 0 Å². The van der Waals surface area contributed by atoms with Gasteiger partial charge in [0.15, 0.2) is 0 Å². The Labute approximate surface area is 103 Å². The van der Waals surface area contributed by atoms with Crippen molar-refractivity contribution < 1.29 is 9.53 Å². The fourth-order valence-electron chi connectivity index (χ4n) is 2.74. The van der Waals surface area contributed by atoms with Crippen molar-refractivity contribution >= 4 is 6.29 Å². The van der Waals surface area contributed by atoms with E-state index in [9.17, 15) is 4.79 Å². The predicted octanol–water partition coefficient (Wildman–Crippen LogP) is 3.48. The largest absolute Gasteiger partial charge is 0.496 e. The van der Waals surface area contributed by atoms with Crippen LogP contribution in [0.2, 0.25) is 0 Å². The van der Waals surface area contributed by atoms with Crippen LogP contribution in [0.15, 0.2) is 18.2 Å². The topological polar surface area (TPSA) is 26.3 Å². The summed E-state index contributed by atoms with van der Waals surface area (Å²) in [6, 6.07) is 6.44. The first-order valence-corrected chi connectivity index (χ1v) is 6.34. The number of aryl methyl sites for hydroxylation is 1. The molecule has 92 valence electrons. The molecule has 0 saturated heterocycles. The van der Waals surface area contributed by atoms with Gasteiger partial charge in [-0.1, -0.05) is 12.1 Å². The first-order valence-electron chi connectivity index (χ1n) is 6.34. The minimum Gasteiger partial charge on any atom is -0.496 e. The van der Waals surface area contributed by atoms with Gasteiger partial charge in [-0.3, -0.25) is 0 Å². The number of methoxy groups -OCH3 is 1. The zero-order chi connectivity index (χ0) is 12.3. The van der Waals surface area contributed by atoms with E-state index in [0.29, 0.717) is 11.8 Å². The van der Waals surface area contributed by atoms with Crippen LogP contribution >= 0.6 is 0 Å². The molecule has 1 aliphatic rings. The molecule has 1 fully saturated rings. The van der Waals surface area contributed by atoms with Crippen molar-refractivity contribution in [1.82, 2.24) is 0 Å². The standard InChI is InChI=1S/C15H20O2/c1-11-9-14(7-8-15(11)17-2)13-5-3-12(10-16)4-6-13/h7-10,12-13H,3-6H2,1-2H3. The molecule has 1 aliphatic carbocycles. The van der Waals surface area contributed by atoms with Crippen molar-refractivity contribution in [3.05, 3.63) is 29.3 Å². The molecular formula is C15H20O2. The number of benzene rings is 1. The summed E-state index contributed by atoms with van der Waals surface area (Å²) in [6.45, 7) is 2.08. The van der Waals surface area contributed by atoms with E-state index in [2.05, 4.69) is 25.1 Å². The van der Waals surface area contributed by atoms with Crippen molar-refractivity contribution in [3.63, 3.8) is 0 Å². The van der Waals surface area contributed by atoms with Gasteiger partial charge in [-0.25, -0.2) is 0 Å². The van der Waals surface area contributed by atoms with E-state index < -0.39 is 0 Å². The van der Waals surface area contributed by atoms with Crippen LogP contribution in [0.3, 0.4) is 0 Å². The molecule has 0 unspecified atom stereocenters. The van der Waals surface area contributed by atoms with E-state index in [4.69, 9.17) is 4.74 Å². The highest BCUT2D eigenvalue weighted by Crippen LogP contribution is 2.36. The molecule has 0 atom stereocenters. The Balaban J connectivity index is 2.08. The van der Waals surface area contributed by atoms with E-state index in [-0.39, 0.29) is 0 Å². The number of carbonyl (C=O) groups excluding carboxylic acids is 1. The third kappa shape index (κ3) is 2.68. The van der Waals surface area contributed by atoms with E-state index in [0.717, 1.165) is 37.7 Å². The summed E-state index contributed by atoms with van der Waals surface area (Å²) in [5.74, 6) is 1.87. The third-order valence-electron chi connectivity index (χ3n) is 3.85. The van der Waals surface area contributed by atoms with Crippen LogP contribution in [0.5, 0.6) is 5.75 Å². The maximum Gasteiger partial charge on any atom is 0.123 e. The predicted molar refractivity (Wildman–Crippen MR) is 68.5 cm³/mol. The van der Waals surface area contributed by atoms with Gasteiger partial charge in [0.25, 0.3) is 0 Å². The summed E-state index contributed by atoms with van der Waals surface area (Å²) in [7, 11) is 1.71. The second-order valence-electron chi connectivity index (χ2n) is 4.98. The van der Waals surface area contributed by atoms with Crippen LogP contribution in [0.4, 0.5) is 0 Å². The molecule has 0 amide bonds. The molecule has 0 spiro atoms. The zero-order valence-electron chi connectivity index (χ0n) is 10.6. The Bertz CT molecular complexity index is 390. The molecule has 1 saturated carbocycles. The second kappa shape index (κ2) is 5.35. The molecule has 0 heterocycles. The van der Waals surface area contributed by atoms with Crippen molar-refractivity contribution in [3.8, 4) is 5.75 Å². The normalized spacial score (nSPS) is 24.4. The molecule has 2 nitrogen and oxygen atoms in total. The maximum absolute atomic E-state index is 10.7. The SMILES string of the molecule is COc1ccc(C2CCC(C=O)CC2)cc1C. The molecule has 0 radical (unpaired) electrons. The summed E-state index contributed by atoms with van der Waals surface area (Å²) in [5, 5.41) is 0. The van der Waals surface area contributed by atoms with Crippen LogP contribution in [0.25, 0.3) is 0 Å². The van der Waals surface area contributed by atoms with Gasteiger partial charge in [0.1, 0.15) is 12.0 Å². The monoisotopic (exact) mass is 232 g/mol. The molecule has 0 aromatic heterocycles. The zero-order valence-corrected chi connectivity index (χ0v) is 10.6. The third-order valence-corrected chi connectivity index (χ3v) is 3.85. The summed E-state index contributed by atoms with van der Waals surface area (Å²) in [6.07, 6.45) is 5.47. The highest BCUT2D eigenvalue weighted by Gasteiger charge is 2.22. The summed E-state index contributed by atoms with van der Waals surface area (Å²) < 4.78 is 5.28. The summed E-state index contributed by atoms with van der Waals surface area (Å²) >= 11 is 0. The molecule has 0 aliphatic heterocycles. The molecule has 1 aromatic carbocycles. The van der Waals surface area contributed by atoms with Crippen LogP contribution in [-0.4, -0.2) is 13.4 Å². The van der Waals surface area contributed by atoms with Crippen molar-refractivity contribution in [2.75, 3.05) is 7.11 Å². The van der Waals surface area contributed by atoms with Crippen molar-refractivity contribution in [2.45, 2.75) is 38.5 Å². The number of carbonyl (C=O) groups is 1.